The first kappa shape index (κ1) is 24.9. The Balaban J connectivity index is 1.15. The van der Waals surface area contributed by atoms with Crippen LogP contribution in [0.1, 0.15) is 62.8 Å². The number of hydrogen-bond acceptors (Lipinski definition) is 1. The molecule has 0 amide bonds. The first-order valence-electron chi connectivity index (χ1n) is 15.5. The van der Waals surface area contributed by atoms with Gasteiger partial charge in [0.15, 0.2) is 5.71 Å². The van der Waals surface area contributed by atoms with Gasteiger partial charge in [-0.25, -0.2) is 0 Å². The van der Waals surface area contributed by atoms with Crippen LogP contribution in [0.3, 0.4) is 0 Å². The van der Waals surface area contributed by atoms with Crippen molar-refractivity contribution in [2.45, 2.75) is 64.2 Å². The molecule has 8 rings (SSSR count). The lowest BCUT2D eigenvalue weighted by Gasteiger charge is -2.30. The Bertz CT molecular complexity index is 1890. The molecule has 4 aromatic rings. The van der Waals surface area contributed by atoms with Gasteiger partial charge in [-0.3, -0.25) is 0 Å². The zero-order valence-corrected chi connectivity index (χ0v) is 24.8. The van der Waals surface area contributed by atoms with Crippen LogP contribution in [0, 0.1) is 0 Å². The minimum Gasteiger partial charge on any atom is -0.344 e. The number of allylic oxidation sites excluding steroid dienone is 6. The van der Waals surface area contributed by atoms with E-state index in [1.807, 2.05) is 0 Å². The topological polar surface area (TPSA) is 6.25 Å². The van der Waals surface area contributed by atoms with Crippen LogP contribution < -0.4 is 4.90 Å². The third-order valence-electron chi connectivity index (χ3n) is 10.2. The van der Waals surface area contributed by atoms with Crippen LogP contribution >= 0.6 is 0 Å². The average molecular weight is 536 g/mol. The molecule has 4 aliphatic rings. The van der Waals surface area contributed by atoms with E-state index in [1.165, 1.54) is 92.3 Å². The van der Waals surface area contributed by atoms with Crippen molar-refractivity contribution in [1.82, 2.24) is 0 Å². The van der Waals surface area contributed by atoms with Crippen LogP contribution in [0.25, 0.3) is 21.5 Å². The molecular formula is C39H39N2+. The smallest absolute Gasteiger partial charge is 0.213 e. The highest BCUT2D eigenvalue weighted by Gasteiger charge is 2.48. The molecule has 0 fully saturated rings. The second kappa shape index (κ2) is 8.79. The summed E-state index contributed by atoms with van der Waals surface area (Å²) < 4.78 is 2.61. The lowest BCUT2D eigenvalue weighted by atomic mass is 9.78. The lowest BCUT2D eigenvalue weighted by Crippen LogP contribution is -2.29. The van der Waals surface area contributed by atoms with Crippen LogP contribution in [0.15, 0.2) is 96.7 Å². The third-order valence-corrected chi connectivity index (χ3v) is 10.2. The fraction of sp³-hybridized carbons (Fsp3) is 0.308. The monoisotopic (exact) mass is 535 g/mol. The van der Waals surface area contributed by atoms with E-state index in [2.05, 4.69) is 128 Å². The van der Waals surface area contributed by atoms with Gasteiger partial charge >= 0.3 is 0 Å². The maximum atomic E-state index is 2.61. The molecule has 0 bridgehead atoms. The molecular weight excluding hydrogens is 496 g/mol. The van der Waals surface area contributed by atoms with Crippen molar-refractivity contribution in [3.05, 3.63) is 119 Å². The van der Waals surface area contributed by atoms with Gasteiger partial charge in [0, 0.05) is 47.0 Å². The summed E-state index contributed by atoms with van der Waals surface area (Å²) in [5.41, 5.74) is 11.8. The van der Waals surface area contributed by atoms with E-state index in [0.717, 1.165) is 13.1 Å². The Hall–Kier alpha value is -3.91. The Morgan fingerprint density at radius 2 is 1.41 bits per heavy atom. The Labute approximate surface area is 244 Å². The van der Waals surface area contributed by atoms with Crippen molar-refractivity contribution in [3.63, 3.8) is 0 Å². The van der Waals surface area contributed by atoms with Crippen LogP contribution in [-0.2, 0) is 23.7 Å². The molecule has 0 N–H and O–H groups in total. The molecule has 0 saturated carbocycles. The van der Waals surface area contributed by atoms with Crippen molar-refractivity contribution in [2.75, 3.05) is 18.0 Å². The molecule has 0 unspecified atom stereocenters. The van der Waals surface area contributed by atoms with Crippen LogP contribution in [-0.4, -0.2) is 23.4 Å². The first-order valence-corrected chi connectivity index (χ1v) is 15.5. The van der Waals surface area contributed by atoms with E-state index >= 15 is 0 Å². The quantitative estimate of drug-likeness (QED) is 0.187. The van der Waals surface area contributed by atoms with E-state index in [-0.39, 0.29) is 10.8 Å². The minimum absolute atomic E-state index is 0.0293. The highest BCUT2D eigenvalue weighted by atomic mass is 15.2. The van der Waals surface area contributed by atoms with Crippen molar-refractivity contribution in [3.8, 4) is 0 Å². The predicted molar refractivity (Wildman–Crippen MR) is 174 cm³/mol. The second-order valence-electron chi connectivity index (χ2n) is 13.4. The summed E-state index contributed by atoms with van der Waals surface area (Å²) in [6.45, 7) is 11.9. The number of nitrogens with zero attached hydrogens (tertiary/aromatic N) is 2. The minimum atomic E-state index is -0.0293. The number of benzene rings is 4. The molecule has 0 spiro atoms. The SMILES string of the molecule is CC1(C)C(/C=C/C=C/C=C2\N3CCCc4cc5ccccc5c(c43)C2(C)C)=[N+]2CCCc3cc4ccccc4c1c32. The molecule has 0 aliphatic carbocycles. The van der Waals surface area contributed by atoms with E-state index < -0.39 is 0 Å². The van der Waals surface area contributed by atoms with Crippen molar-refractivity contribution < 1.29 is 4.58 Å². The van der Waals surface area contributed by atoms with Gasteiger partial charge in [0.2, 0.25) is 5.69 Å². The molecule has 4 heterocycles. The van der Waals surface area contributed by atoms with Crippen LogP contribution in [0.2, 0.25) is 0 Å². The van der Waals surface area contributed by atoms with Gasteiger partial charge in [-0.15, -0.1) is 0 Å². The van der Waals surface area contributed by atoms with E-state index in [4.69, 9.17) is 0 Å². The maximum absolute atomic E-state index is 2.61. The highest BCUT2D eigenvalue weighted by Crippen LogP contribution is 2.54. The van der Waals surface area contributed by atoms with Crippen LogP contribution in [0.4, 0.5) is 11.4 Å². The number of rotatable bonds is 3. The molecule has 4 aromatic carbocycles. The summed E-state index contributed by atoms with van der Waals surface area (Å²) >= 11 is 0. The van der Waals surface area contributed by atoms with Gasteiger partial charge in [-0.1, -0.05) is 80.6 Å². The number of aryl methyl sites for hydroxylation is 2. The van der Waals surface area contributed by atoms with Gasteiger partial charge < -0.3 is 4.90 Å². The van der Waals surface area contributed by atoms with Crippen molar-refractivity contribution in [1.29, 1.82) is 0 Å². The summed E-state index contributed by atoms with van der Waals surface area (Å²) in [7, 11) is 0. The van der Waals surface area contributed by atoms with E-state index in [1.54, 1.807) is 0 Å². The second-order valence-corrected chi connectivity index (χ2v) is 13.4. The first-order chi connectivity index (χ1) is 19.9. The Morgan fingerprint density at radius 1 is 0.732 bits per heavy atom. The summed E-state index contributed by atoms with van der Waals surface area (Å²) in [5, 5.41) is 5.56. The fourth-order valence-corrected chi connectivity index (χ4v) is 8.50. The van der Waals surface area contributed by atoms with Crippen molar-refractivity contribution >= 4 is 38.6 Å². The molecule has 2 heteroatoms. The van der Waals surface area contributed by atoms with Crippen molar-refractivity contribution in [2.24, 2.45) is 0 Å². The summed E-state index contributed by atoms with van der Waals surface area (Å²) in [4.78, 5) is 2.61. The van der Waals surface area contributed by atoms with Gasteiger partial charge in [0.25, 0.3) is 0 Å². The summed E-state index contributed by atoms with van der Waals surface area (Å²) in [6, 6.07) is 22.8. The number of fused-ring (bicyclic) bond motifs is 4. The summed E-state index contributed by atoms with van der Waals surface area (Å²) in [5.74, 6) is 0. The standard InChI is InChI=1S/C39H39N2/c1-38(2)32(40-22-12-16-28-24-26-14-8-10-18-30(26)34(38)36(28)40)20-6-5-7-21-33-39(3,4)35-31-19-11-9-15-27(31)25-29-17-13-23-41(33)37(29)35/h5-11,14-15,18-21,24-25H,12-13,16-17,22-23H2,1-4H3/q+1. The highest BCUT2D eigenvalue weighted by molar-refractivity contribution is 6.08. The molecule has 4 aliphatic heterocycles. The molecule has 0 saturated heterocycles. The normalized spacial score (nSPS) is 21.2. The zero-order chi connectivity index (χ0) is 27.9. The molecule has 0 radical (unpaired) electrons. The van der Waals surface area contributed by atoms with Gasteiger partial charge in [-0.2, -0.15) is 4.58 Å². The molecule has 0 atom stereocenters. The lowest BCUT2D eigenvalue weighted by molar-refractivity contribution is -0.443. The molecule has 41 heavy (non-hydrogen) atoms. The number of anilines is 1. The Kier molecular flexibility index (Phi) is 5.33. The van der Waals surface area contributed by atoms with E-state index in [0.29, 0.717) is 0 Å². The zero-order valence-electron chi connectivity index (χ0n) is 24.8. The third kappa shape index (κ3) is 3.46. The van der Waals surface area contributed by atoms with E-state index in [9.17, 15) is 0 Å². The largest absolute Gasteiger partial charge is 0.344 e. The molecule has 0 aromatic heterocycles. The average Bonchev–Trinajstić information content (AvgIpc) is 3.34. The maximum Gasteiger partial charge on any atom is 0.213 e. The molecule has 204 valence electrons. The van der Waals surface area contributed by atoms with Gasteiger partial charge in [0.05, 0.1) is 5.41 Å². The fourth-order valence-electron chi connectivity index (χ4n) is 8.50. The van der Waals surface area contributed by atoms with Gasteiger partial charge in [-0.05, 0) is 84.0 Å². The van der Waals surface area contributed by atoms with Gasteiger partial charge in [0.1, 0.15) is 6.54 Å². The number of hydrogen-bond donors (Lipinski definition) is 0. The molecule has 2 nitrogen and oxygen atoms in total. The predicted octanol–water partition coefficient (Wildman–Crippen LogP) is 9.06. The van der Waals surface area contributed by atoms with Crippen LogP contribution in [0.5, 0.6) is 0 Å². The summed E-state index contributed by atoms with van der Waals surface area (Å²) in [6.07, 6.45) is 16.3. The Morgan fingerprint density at radius 3 is 2.20 bits per heavy atom.